The molecule has 1 saturated heterocycles. The van der Waals surface area contributed by atoms with Crippen LogP contribution in [0.4, 0.5) is 5.13 Å². The predicted molar refractivity (Wildman–Crippen MR) is 64.2 cm³/mol. The summed E-state index contributed by atoms with van der Waals surface area (Å²) >= 11 is 6.45. The average molecular weight is 254 g/mol. The van der Waals surface area contributed by atoms with Crippen LogP contribution in [0.2, 0.25) is 0 Å². The van der Waals surface area contributed by atoms with Gasteiger partial charge in [-0.25, -0.2) is 10.1 Å². The van der Waals surface area contributed by atoms with Crippen LogP contribution in [0.15, 0.2) is 9.80 Å². The minimum atomic E-state index is 0.283. The number of hydrogen-bond acceptors (Lipinski definition) is 6. The second-order valence-electron chi connectivity index (χ2n) is 3.63. The van der Waals surface area contributed by atoms with Gasteiger partial charge in [-0.15, -0.1) is 16.4 Å². The van der Waals surface area contributed by atoms with Crippen molar-refractivity contribution in [1.29, 1.82) is 0 Å². The van der Waals surface area contributed by atoms with Gasteiger partial charge in [0, 0.05) is 18.5 Å². The minimum absolute atomic E-state index is 0.283. The Bertz CT molecular complexity index is 537. The molecule has 84 valence electrons. The van der Waals surface area contributed by atoms with E-state index in [1.165, 1.54) is 12.8 Å². The van der Waals surface area contributed by atoms with Gasteiger partial charge < -0.3 is 9.32 Å². The van der Waals surface area contributed by atoms with Gasteiger partial charge in [0.15, 0.2) is 5.13 Å². The molecule has 2 aromatic rings. The Kier molecular flexibility index (Phi) is 2.49. The molecule has 1 fully saturated rings. The van der Waals surface area contributed by atoms with Gasteiger partial charge >= 0.3 is 0 Å². The van der Waals surface area contributed by atoms with E-state index in [4.69, 9.17) is 16.6 Å². The molecule has 1 N–H and O–H groups in total. The molecule has 3 rings (SSSR count). The van der Waals surface area contributed by atoms with Gasteiger partial charge in [0.2, 0.25) is 0 Å². The van der Waals surface area contributed by atoms with Gasteiger partial charge in [0.05, 0.1) is 0 Å². The summed E-state index contributed by atoms with van der Waals surface area (Å²) in [5.74, 6) is 0.465. The maximum Gasteiger partial charge on any atom is 0.284 e. The quantitative estimate of drug-likeness (QED) is 0.834. The SMILES string of the molecule is S=c1[nH]nc(-c2csc(N3CCCC3)n2)o1. The van der Waals surface area contributed by atoms with E-state index in [0.717, 1.165) is 23.9 Å². The first-order chi connectivity index (χ1) is 7.83. The van der Waals surface area contributed by atoms with Crippen LogP contribution in [-0.2, 0) is 0 Å². The maximum atomic E-state index is 5.22. The molecule has 16 heavy (non-hydrogen) atoms. The molecule has 0 aliphatic carbocycles. The molecule has 7 heteroatoms. The Labute approximate surface area is 101 Å². The molecule has 0 aromatic carbocycles. The van der Waals surface area contributed by atoms with Crippen molar-refractivity contribution < 1.29 is 4.42 Å². The van der Waals surface area contributed by atoms with E-state index in [9.17, 15) is 0 Å². The van der Waals surface area contributed by atoms with E-state index in [0.29, 0.717) is 5.89 Å². The zero-order valence-electron chi connectivity index (χ0n) is 8.47. The lowest BCUT2D eigenvalue weighted by Gasteiger charge is -2.11. The van der Waals surface area contributed by atoms with Crippen LogP contribution in [0, 0.1) is 4.84 Å². The smallest absolute Gasteiger partial charge is 0.284 e. The zero-order valence-corrected chi connectivity index (χ0v) is 10.1. The molecule has 2 aromatic heterocycles. The molecule has 0 atom stereocenters. The number of hydrogen-bond donors (Lipinski definition) is 1. The molecule has 0 unspecified atom stereocenters. The minimum Gasteiger partial charge on any atom is -0.408 e. The fourth-order valence-electron chi connectivity index (χ4n) is 1.76. The number of nitrogens with one attached hydrogen (secondary N) is 1. The first-order valence-electron chi connectivity index (χ1n) is 5.09. The van der Waals surface area contributed by atoms with Gasteiger partial charge in [0.1, 0.15) is 5.69 Å². The highest BCUT2D eigenvalue weighted by molar-refractivity contribution is 7.71. The normalized spacial score (nSPS) is 15.9. The lowest BCUT2D eigenvalue weighted by atomic mass is 10.4. The molecule has 1 aliphatic rings. The van der Waals surface area contributed by atoms with Gasteiger partial charge in [0.25, 0.3) is 10.7 Å². The molecule has 0 amide bonds. The first kappa shape index (κ1) is 9.98. The molecule has 0 saturated carbocycles. The summed E-state index contributed by atoms with van der Waals surface area (Å²) in [4.78, 5) is 7.07. The Morgan fingerprint density at radius 1 is 1.44 bits per heavy atom. The summed E-state index contributed by atoms with van der Waals surface area (Å²) in [7, 11) is 0. The zero-order chi connectivity index (χ0) is 11.0. The third-order valence-electron chi connectivity index (χ3n) is 2.53. The van der Waals surface area contributed by atoms with Gasteiger partial charge in [-0.1, -0.05) is 0 Å². The summed E-state index contributed by atoms with van der Waals surface area (Å²) in [5, 5.41) is 9.54. The van der Waals surface area contributed by atoms with E-state index in [-0.39, 0.29) is 4.84 Å². The van der Waals surface area contributed by atoms with Crippen LogP contribution < -0.4 is 4.90 Å². The summed E-state index contributed by atoms with van der Waals surface area (Å²) in [6.07, 6.45) is 2.50. The second-order valence-corrected chi connectivity index (χ2v) is 4.84. The largest absolute Gasteiger partial charge is 0.408 e. The number of rotatable bonds is 2. The Morgan fingerprint density at radius 3 is 2.94 bits per heavy atom. The monoisotopic (exact) mass is 254 g/mol. The van der Waals surface area contributed by atoms with Gasteiger partial charge in [-0.3, -0.25) is 0 Å². The van der Waals surface area contributed by atoms with Crippen LogP contribution in [0.3, 0.4) is 0 Å². The number of thiazole rings is 1. The van der Waals surface area contributed by atoms with Crippen molar-refractivity contribution in [2.75, 3.05) is 18.0 Å². The fraction of sp³-hybridized carbons (Fsp3) is 0.444. The van der Waals surface area contributed by atoms with E-state index < -0.39 is 0 Å². The highest BCUT2D eigenvalue weighted by atomic mass is 32.1. The Balaban J connectivity index is 1.89. The number of aromatic nitrogens is 3. The third kappa shape index (κ3) is 1.76. The molecular formula is C9H10N4OS2. The summed E-state index contributed by atoms with van der Waals surface area (Å²) in [5.41, 5.74) is 0.749. The molecule has 0 radical (unpaired) electrons. The van der Waals surface area contributed by atoms with E-state index >= 15 is 0 Å². The Morgan fingerprint density at radius 2 is 2.25 bits per heavy atom. The molecule has 5 nitrogen and oxygen atoms in total. The van der Waals surface area contributed by atoms with Crippen LogP contribution >= 0.6 is 23.6 Å². The standard InChI is InChI=1S/C9H10N4OS2/c15-9-12-11-7(14-9)6-5-16-8(10-6)13-3-1-2-4-13/h5H,1-4H2,(H,12,15). The van der Waals surface area contributed by atoms with E-state index in [1.54, 1.807) is 11.3 Å². The maximum absolute atomic E-state index is 5.22. The van der Waals surface area contributed by atoms with Crippen LogP contribution in [-0.4, -0.2) is 28.3 Å². The van der Waals surface area contributed by atoms with Gasteiger partial charge in [-0.05, 0) is 25.1 Å². The van der Waals surface area contributed by atoms with Gasteiger partial charge in [-0.2, -0.15) is 0 Å². The topological polar surface area (TPSA) is 58.0 Å². The molecule has 0 bridgehead atoms. The lowest BCUT2D eigenvalue weighted by molar-refractivity contribution is 0.550. The molecule has 1 aliphatic heterocycles. The van der Waals surface area contributed by atoms with Crippen LogP contribution in [0.1, 0.15) is 12.8 Å². The lowest BCUT2D eigenvalue weighted by Crippen LogP contribution is -2.17. The van der Waals surface area contributed by atoms with Crippen molar-refractivity contribution in [3.63, 3.8) is 0 Å². The predicted octanol–water partition coefficient (Wildman–Crippen LogP) is 2.46. The van der Waals surface area contributed by atoms with E-state index in [1.807, 2.05) is 5.38 Å². The number of anilines is 1. The highest BCUT2D eigenvalue weighted by Gasteiger charge is 2.17. The van der Waals surface area contributed by atoms with Crippen molar-refractivity contribution >= 4 is 28.7 Å². The number of aromatic amines is 1. The first-order valence-corrected chi connectivity index (χ1v) is 6.38. The summed E-state index contributed by atoms with van der Waals surface area (Å²) < 4.78 is 5.22. The average Bonchev–Trinajstić information content (AvgIpc) is 2.97. The Hall–Kier alpha value is -1.21. The van der Waals surface area contributed by atoms with Crippen molar-refractivity contribution in [3.8, 4) is 11.6 Å². The number of H-pyrrole nitrogens is 1. The molecule has 0 spiro atoms. The van der Waals surface area contributed by atoms with Crippen LogP contribution in [0.5, 0.6) is 0 Å². The fourth-order valence-corrected chi connectivity index (χ4v) is 2.73. The van der Waals surface area contributed by atoms with Crippen LogP contribution in [0.25, 0.3) is 11.6 Å². The summed E-state index contributed by atoms with van der Waals surface area (Å²) in [6, 6.07) is 0. The van der Waals surface area contributed by atoms with E-state index in [2.05, 4.69) is 20.1 Å². The van der Waals surface area contributed by atoms with Crippen molar-refractivity contribution in [1.82, 2.24) is 15.2 Å². The van der Waals surface area contributed by atoms with Crippen molar-refractivity contribution in [3.05, 3.63) is 10.2 Å². The molecule has 3 heterocycles. The highest BCUT2D eigenvalue weighted by Crippen LogP contribution is 2.28. The second kappa shape index (κ2) is 3.99. The third-order valence-corrected chi connectivity index (χ3v) is 3.60. The molecular weight excluding hydrogens is 244 g/mol. The number of nitrogens with zero attached hydrogens (tertiary/aromatic N) is 3. The van der Waals surface area contributed by atoms with Crippen molar-refractivity contribution in [2.45, 2.75) is 12.8 Å². The summed E-state index contributed by atoms with van der Waals surface area (Å²) in [6.45, 7) is 2.19. The van der Waals surface area contributed by atoms with Crippen molar-refractivity contribution in [2.24, 2.45) is 0 Å².